The molecule has 0 saturated carbocycles. The molecule has 0 saturated heterocycles. The highest BCUT2D eigenvalue weighted by molar-refractivity contribution is 5.17. The predicted octanol–water partition coefficient (Wildman–Crippen LogP) is 1.59. The fourth-order valence-electron chi connectivity index (χ4n) is 1.70. The van der Waals surface area contributed by atoms with Crippen molar-refractivity contribution in [2.24, 2.45) is 5.92 Å². The Balaban J connectivity index is 2.47. The largest absolute Gasteiger partial charge is 0.481 e. The van der Waals surface area contributed by atoms with Gasteiger partial charge in [0.1, 0.15) is 0 Å². The summed E-state index contributed by atoms with van der Waals surface area (Å²) in [4.78, 5) is 4.15. The van der Waals surface area contributed by atoms with Crippen molar-refractivity contribution in [1.82, 2.24) is 10.3 Å². The number of hydrogen-bond acceptors (Lipinski definition) is 4. The molecule has 1 rings (SSSR count). The van der Waals surface area contributed by atoms with Gasteiger partial charge in [-0.3, -0.25) is 0 Å². The van der Waals surface area contributed by atoms with Gasteiger partial charge in [-0.1, -0.05) is 19.9 Å². The van der Waals surface area contributed by atoms with Gasteiger partial charge in [0.25, 0.3) is 0 Å². The summed E-state index contributed by atoms with van der Waals surface area (Å²) >= 11 is 0. The van der Waals surface area contributed by atoms with E-state index in [1.54, 1.807) is 7.11 Å². The Bertz CT molecular complexity index is 312. The van der Waals surface area contributed by atoms with Crippen LogP contribution in [0.25, 0.3) is 0 Å². The van der Waals surface area contributed by atoms with E-state index in [1.165, 1.54) is 0 Å². The van der Waals surface area contributed by atoms with Crippen LogP contribution in [0.3, 0.4) is 0 Å². The highest BCUT2D eigenvalue weighted by atomic mass is 16.5. The molecule has 1 heterocycles. The van der Waals surface area contributed by atoms with E-state index >= 15 is 0 Å². The molecule has 0 aliphatic carbocycles. The average Bonchev–Trinajstić information content (AvgIpc) is 2.34. The highest BCUT2D eigenvalue weighted by Crippen LogP contribution is 2.09. The van der Waals surface area contributed by atoms with Gasteiger partial charge in [0.05, 0.1) is 7.11 Å². The van der Waals surface area contributed by atoms with Crippen molar-refractivity contribution < 1.29 is 9.84 Å². The zero-order chi connectivity index (χ0) is 12.7. The lowest BCUT2D eigenvalue weighted by atomic mass is 10.0. The second kappa shape index (κ2) is 7.25. The molecule has 1 aromatic rings. The number of nitrogens with one attached hydrogen (secondary N) is 1. The highest BCUT2D eigenvalue weighted by Gasteiger charge is 2.11. The third kappa shape index (κ3) is 4.71. The number of pyridine rings is 1. The first-order valence-corrected chi connectivity index (χ1v) is 6.00. The van der Waals surface area contributed by atoms with Crippen LogP contribution in [0.15, 0.2) is 18.3 Å². The third-order valence-corrected chi connectivity index (χ3v) is 2.82. The van der Waals surface area contributed by atoms with Crippen molar-refractivity contribution >= 4 is 0 Å². The number of aliphatic hydroxyl groups is 1. The summed E-state index contributed by atoms with van der Waals surface area (Å²) in [7, 11) is 1.61. The average molecular weight is 238 g/mol. The smallest absolute Gasteiger partial charge is 0.212 e. The first-order chi connectivity index (χ1) is 8.17. The first-order valence-electron chi connectivity index (χ1n) is 6.00. The van der Waals surface area contributed by atoms with E-state index in [2.05, 4.69) is 24.1 Å². The zero-order valence-corrected chi connectivity index (χ0v) is 10.8. The minimum absolute atomic E-state index is 0.219. The molecule has 0 amide bonds. The zero-order valence-electron chi connectivity index (χ0n) is 10.8. The number of rotatable bonds is 7. The van der Waals surface area contributed by atoms with Gasteiger partial charge in [0, 0.05) is 31.5 Å². The normalized spacial score (nSPS) is 12.8. The molecule has 1 atom stereocenters. The molecule has 4 nitrogen and oxygen atoms in total. The lowest BCUT2D eigenvalue weighted by molar-refractivity contribution is 0.244. The molecule has 0 radical (unpaired) electrons. The van der Waals surface area contributed by atoms with Gasteiger partial charge < -0.3 is 15.2 Å². The van der Waals surface area contributed by atoms with E-state index in [1.807, 2.05) is 18.3 Å². The van der Waals surface area contributed by atoms with E-state index < -0.39 is 0 Å². The predicted molar refractivity (Wildman–Crippen MR) is 68.0 cm³/mol. The summed E-state index contributed by atoms with van der Waals surface area (Å²) in [6, 6.07) is 4.19. The van der Waals surface area contributed by atoms with Crippen LogP contribution in [0.5, 0.6) is 5.88 Å². The number of aliphatic hydroxyl groups excluding tert-OH is 1. The summed E-state index contributed by atoms with van der Waals surface area (Å²) in [5.41, 5.74) is 1.12. The molecule has 0 aliphatic rings. The van der Waals surface area contributed by atoms with Gasteiger partial charge in [-0.25, -0.2) is 4.98 Å². The second-order valence-electron chi connectivity index (χ2n) is 4.45. The van der Waals surface area contributed by atoms with E-state index in [-0.39, 0.29) is 6.61 Å². The van der Waals surface area contributed by atoms with Crippen LogP contribution in [0.1, 0.15) is 25.8 Å². The SMILES string of the molecule is COc1ccc(CNC(CCO)C(C)C)cn1. The van der Waals surface area contributed by atoms with Gasteiger partial charge in [-0.15, -0.1) is 0 Å². The van der Waals surface area contributed by atoms with E-state index in [0.29, 0.717) is 17.8 Å². The van der Waals surface area contributed by atoms with Crippen LogP contribution in [0, 0.1) is 5.92 Å². The standard InChI is InChI=1S/C13H22N2O2/c1-10(2)12(6-7-16)14-8-11-4-5-13(17-3)15-9-11/h4-5,9-10,12,14,16H,6-8H2,1-3H3. The first kappa shape index (κ1) is 13.9. The molecule has 1 aromatic heterocycles. The fourth-order valence-corrected chi connectivity index (χ4v) is 1.70. The topological polar surface area (TPSA) is 54.4 Å². The number of methoxy groups -OCH3 is 1. The Morgan fingerprint density at radius 2 is 2.18 bits per heavy atom. The molecule has 96 valence electrons. The molecule has 0 bridgehead atoms. The number of nitrogens with zero attached hydrogens (tertiary/aromatic N) is 1. The Morgan fingerprint density at radius 3 is 2.65 bits per heavy atom. The summed E-state index contributed by atoms with van der Waals surface area (Å²) in [6.45, 7) is 5.29. The summed E-state index contributed by atoms with van der Waals surface area (Å²) in [6.07, 6.45) is 2.59. The maximum atomic E-state index is 8.98. The van der Waals surface area contributed by atoms with Crippen molar-refractivity contribution in [1.29, 1.82) is 0 Å². The van der Waals surface area contributed by atoms with Gasteiger partial charge in [-0.2, -0.15) is 0 Å². The van der Waals surface area contributed by atoms with Crippen LogP contribution < -0.4 is 10.1 Å². The Hall–Kier alpha value is -1.13. The molecule has 0 aliphatic heterocycles. The van der Waals surface area contributed by atoms with Gasteiger partial charge in [-0.05, 0) is 17.9 Å². The van der Waals surface area contributed by atoms with E-state index in [0.717, 1.165) is 18.5 Å². The van der Waals surface area contributed by atoms with Crippen molar-refractivity contribution in [3.05, 3.63) is 23.9 Å². The van der Waals surface area contributed by atoms with Crippen LogP contribution in [-0.4, -0.2) is 29.8 Å². The summed E-state index contributed by atoms with van der Waals surface area (Å²) in [5.74, 6) is 1.14. The third-order valence-electron chi connectivity index (χ3n) is 2.82. The molecular weight excluding hydrogens is 216 g/mol. The monoisotopic (exact) mass is 238 g/mol. The van der Waals surface area contributed by atoms with Gasteiger partial charge in [0.2, 0.25) is 5.88 Å². The number of ether oxygens (including phenoxy) is 1. The van der Waals surface area contributed by atoms with Crippen LogP contribution in [-0.2, 0) is 6.54 Å². The lowest BCUT2D eigenvalue weighted by Crippen LogP contribution is -2.34. The minimum Gasteiger partial charge on any atom is -0.481 e. The second-order valence-corrected chi connectivity index (χ2v) is 4.45. The fraction of sp³-hybridized carbons (Fsp3) is 0.615. The van der Waals surface area contributed by atoms with Crippen molar-refractivity contribution in [3.63, 3.8) is 0 Å². The number of aromatic nitrogens is 1. The lowest BCUT2D eigenvalue weighted by Gasteiger charge is -2.21. The van der Waals surface area contributed by atoms with Crippen LogP contribution in [0.4, 0.5) is 0 Å². The molecule has 0 aromatic carbocycles. The van der Waals surface area contributed by atoms with Crippen molar-refractivity contribution in [2.75, 3.05) is 13.7 Å². The minimum atomic E-state index is 0.219. The van der Waals surface area contributed by atoms with E-state index in [4.69, 9.17) is 9.84 Å². The maximum absolute atomic E-state index is 8.98. The number of hydrogen-bond donors (Lipinski definition) is 2. The van der Waals surface area contributed by atoms with Crippen LogP contribution >= 0.6 is 0 Å². The van der Waals surface area contributed by atoms with E-state index in [9.17, 15) is 0 Å². The van der Waals surface area contributed by atoms with Crippen LogP contribution in [0.2, 0.25) is 0 Å². The van der Waals surface area contributed by atoms with Gasteiger partial charge in [0.15, 0.2) is 0 Å². The molecule has 0 spiro atoms. The van der Waals surface area contributed by atoms with Gasteiger partial charge >= 0.3 is 0 Å². The maximum Gasteiger partial charge on any atom is 0.212 e. The summed E-state index contributed by atoms with van der Waals surface area (Å²) < 4.78 is 5.01. The molecular formula is C13H22N2O2. The van der Waals surface area contributed by atoms with Crippen molar-refractivity contribution in [2.45, 2.75) is 32.9 Å². The molecule has 0 fully saturated rings. The quantitative estimate of drug-likeness (QED) is 0.757. The molecule has 2 N–H and O–H groups in total. The van der Waals surface area contributed by atoms with Crippen molar-refractivity contribution in [3.8, 4) is 5.88 Å². The Kier molecular flexibility index (Phi) is 5.94. The Morgan fingerprint density at radius 1 is 1.41 bits per heavy atom. The Labute approximate surface area is 103 Å². The molecule has 4 heteroatoms. The molecule has 17 heavy (non-hydrogen) atoms. The summed E-state index contributed by atoms with van der Waals surface area (Å²) in [5, 5.41) is 12.4. The molecule has 1 unspecified atom stereocenters.